The molecule has 2 aromatic rings. The lowest BCUT2D eigenvalue weighted by atomic mass is 10.0. The second kappa shape index (κ2) is 10.8. The van der Waals surface area contributed by atoms with Crippen LogP contribution in [-0.4, -0.2) is 53.0 Å². The van der Waals surface area contributed by atoms with Gasteiger partial charge in [-0.3, -0.25) is 26.0 Å². The van der Waals surface area contributed by atoms with Crippen molar-refractivity contribution in [3.8, 4) is 0 Å². The number of nitrogens with one attached hydrogen (secondary N) is 4. The largest absolute Gasteiger partial charge is 0.480 e. The Morgan fingerprint density at radius 1 is 1.20 bits per heavy atom. The number of aromatic amines is 1. The van der Waals surface area contributed by atoms with Crippen molar-refractivity contribution in [3.63, 3.8) is 0 Å². The number of rotatable bonds is 11. The van der Waals surface area contributed by atoms with E-state index in [-0.39, 0.29) is 31.4 Å². The van der Waals surface area contributed by atoms with Crippen molar-refractivity contribution in [2.45, 2.75) is 25.3 Å². The smallest absolute Gasteiger partial charge is 0.338 e. The summed E-state index contributed by atoms with van der Waals surface area (Å²) in [6.07, 6.45) is 2.37. The van der Waals surface area contributed by atoms with Crippen LogP contribution in [0.25, 0.3) is 10.9 Å². The summed E-state index contributed by atoms with van der Waals surface area (Å²) in [5, 5.41) is 15.4. The zero-order valence-electron chi connectivity index (χ0n) is 16.4. The van der Waals surface area contributed by atoms with Crippen LogP contribution >= 0.6 is 0 Å². The third-order valence-electron chi connectivity index (χ3n) is 4.38. The number of amides is 2. The highest BCUT2D eigenvalue weighted by Gasteiger charge is 2.27. The molecule has 0 aliphatic rings. The van der Waals surface area contributed by atoms with Crippen LogP contribution in [0.3, 0.4) is 0 Å². The Morgan fingerprint density at radius 3 is 2.60 bits per heavy atom. The molecule has 11 N–H and O–H groups in total. The SMILES string of the molecule is NCC(=O)N[C](CCC[NH+]=C(N)N)C(=O)NC(Cc1c[nH]c2ccccc12)C(=O)O. The number of nitrogens with two attached hydrogens (primary N) is 3. The second-order valence-corrected chi connectivity index (χ2v) is 6.64. The first-order chi connectivity index (χ1) is 14.3. The average Bonchev–Trinajstić information content (AvgIpc) is 3.12. The Morgan fingerprint density at radius 2 is 1.93 bits per heavy atom. The van der Waals surface area contributed by atoms with E-state index in [4.69, 9.17) is 17.2 Å². The predicted octanol–water partition coefficient (Wildman–Crippen LogP) is -2.98. The van der Waals surface area contributed by atoms with Crippen LogP contribution in [0.1, 0.15) is 18.4 Å². The van der Waals surface area contributed by atoms with Gasteiger partial charge in [-0.2, -0.15) is 0 Å². The van der Waals surface area contributed by atoms with Crippen molar-refractivity contribution < 1.29 is 24.5 Å². The van der Waals surface area contributed by atoms with E-state index < -0.39 is 23.8 Å². The lowest BCUT2D eigenvalue weighted by Crippen LogP contribution is -2.78. The monoisotopic (exact) mass is 417 g/mol. The first kappa shape index (κ1) is 22.7. The van der Waals surface area contributed by atoms with Crippen LogP contribution < -0.4 is 32.8 Å². The van der Waals surface area contributed by atoms with E-state index >= 15 is 0 Å². The number of fused-ring (bicyclic) bond motifs is 1. The molecule has 0 aliphatic heterocycles. The molecule has 1 unspecified atom stereocenters. The molecule has 161 valence electrons. The topological polar surface area (TPSA) is 203 Å². The molecular weight excluding hydrogens is 390 g/mol. The number of guanidine groups is 1. The number of aliphatic carboxylic acids is 1. The van der Waals surface area contributed by atoms with Crippen molar-refractivity contribution in [2.75, 3.05) is 13.1 Å². The molecular formula is C19H27N7O4+. The van der Waals surface area contributed by atoms with E-state index in [1.165, 1.54) is 0 Å². The zero-order chi connectivity index (χ0) is 22.1. The fraction of sp³-hybridized carbons (Fsp3) is 0.316. The Balaban J connectivity index is 2.09. The summed E-state index contributed by atoms with van der Waals surface area (Å²) in [7, 11) is 0. The van der Waals surface area contributed by atoms with Gasteiger partial charge in [0.05, 0.1) is 13.1 Å². The maximum Gasteiger partial charge on any atom is 0.338 e. The number of benzene rings is 1. The molecule has 0 fully saturated rings. The Labute approximate surface area is 173 Å². The summed E-state index contributed by atoms with van der Waals surface area (Å²) in [4.78, 5) is 41.9. The molecule has 2 amide bonds. The summed E-state index contributed by atoms with van der Waals surface area (Å²) >= 11 is 0. The highest BCUT2D eigenvalue weighted by Crippen LogP contribution is 2.19. The number of carbonyl (C=O) groups excluding carboxylic acids is 2. The van der Waals surface area contributed by atoms with E-state index in [0.29, 0.717) is 13.0 Å². The molecule has 0 saturated heterocycles. The van der Waals surface area contributed by atoms with Gasteiger partial charge in [0.15, 0.2) is 6.04 Å². The Bertz CT molecular complexity index is 920. The van der Waals surface area contributed by atoms with Gasteiger partial charge in [-0.1, -0.05) is 18.2 Å². The normalized spacial score (nSPS) is 11.8. The lowest BCUT2D eigenvalue weighted by molar-refractivity contribution is -0.459. The summed E-state index contributed by atoms with van der Waals surface area (Å²) in [6.45, 7) is 0.0611. The maximum atomic E-state index is 12.7. The van der Waals surface area contributed by atoms with Crippen LogP contribution in [0.5, 0.6) is 0 Å². The molecule has 2 rings (SSSR count). The van der Waals surface area contributed by atoms with Gasteiger partial charge in [-0.25, -0.2) is 4.79 Å². The molecule has 1 atom stereocenters. The summed E-state index contributed by atoms with van der Waals surface area (Å²) < 4.78 is 0. The van der Waals surface area contributed by atoms with E-state index in [9.17, 15) is 19.5 Å². The average molecular weight is 417 g/mol. The van der Waals surface area contributed by atoms with Crippen LogP contribution in [0.4, 0.5) is 0 Å². The van der Waals surface area contributed by atoms with E-state index in [2.05, 4.69) is 20.6 Å². The third-order valence-corrected chi connectivity index (χ3v) is 4.38. The number of carbonyl (C=O) groups is 3. The number of carboxylic acids is 1. The lowest BCUT2D eigenvalue weighted by Gasteiger charge is -2.20. The standard InChI is InChI=1S/C19H26N7O4/c20-9-16(27)25-14(6-3-7-23-19(21)22)17(28)26-15(18(29)30)8-11-10-24-13-5-2-1-4-12(11)13/h1-2,4-5,10,15,24H,3,6-9,20H2,(H,25,27)(H,26,28)(H,29,30)(H4,21,22,23)/p+1. The molecule has 0 aliphatic carbocycles. The van der Waals surface area contributed by atoms with Crippen molar-refractivity contribution >= 4 is 34.6 Å². The molecule has 1 aromatic heterocycles. The Kier molecular flexibility index (Phi) is 8.18. The van der Waals surface area contributed by atoms with Crippen LogP contribution in [0.15, 0.2) is 30.5 Å². The highest BCUT2D eigenvalue weighted by atomic mass is 16.4. The molecule has 1 radical (unpaired) electrons. The summed E-state index contributed by atoms with van der Waals surface area (Å²) in [5.41, 5.74) is 17.6. The van der Waals surface area contributed by atoms with Gasteiger partial charge < -0.3 is 26.5 Å². The van der Waals surface area contributed by atoms with Gasteiger partial charge in [-0.05, 0) is 24.5 Å². The molecule has 1 heterocycles. The molecule has 0 bridgehead atoms. The second-order valence-electron chi connectivity index (χ2n) is 6.64. The van der Waals surface area contributed by atoms with Gasteiger partial charge in [0.1, 0.15) is 6.04 Å². The van der Waals surface area contributed by atoms with Gasteiger partial charge >= 0.3 is 11.9 Å². The zero-order valence-corrected chi connectivity index (χ0v) is 16.4. The third kappa shape index (κ3) is 6.48. The van der Waals surface area contributed by atoms with Crippen molar-refractivity contribution in [1.82, 2.24) is 15.6 Å². The number of aromatic nitrogens is 1. The van der Waals surface area contributed by atoms with Crippen LogP contribution in [0, 0.1) is 6.04 Å². The molecule has 11 heteroatoms. The van der Waals surface area contributed by atoms with Crippen molar-refractivity contribution in [1.29, 1.82) is 0 Å². The minimum Gasteiger partial charge on any atom is -0.480 e. The minimum atomic E-state index is -1.19. The predicted molar refractivity (Wildman–Crippen MR) is 110 cm³/mol. The van der Waals surface area contributed by atoms with E-state index in [0.717, 1.165) is 16.5 Å². The number of H-pyrrole nitrogens is 1. The summed E-state index contributed by atoms with van der Waals surface area (Å²) in [6, 6.07) is 6.29. The molecule has 30 heavy (non-hydrogen) atoms. The maximum absolute atomic E-state index is 12.7. The number of carboxylic acid groups (broad SMARTS) is 1. The first-order valence-electron chi connectivity index (χ1n) is 9.38. The van der Waals surface area contributed by atoms with E-state index in [1.54, 1.807) is 6.20 Å². The molecule has 1 aromatic carbocycles. The van der Waals surface area contributed by atoms with E-state index in [1.807, 2.05) is 24.3 Å². The van der Waals surface area contributed by atoms with Gasteiger partial charge in [-0.15, -0.1) is 0 Å². The molecule has 0 spiro atoms. The number of para-hydroxylation sites is 1. The van der Waals surface area contributed by atoms with Gasteiger partial charge in [0, 0.05) is 23.5 Å². The van der Waals surface area contributed by atoms with Gasteiger partial charge in [0.2, 0.25) is 11.8 Å². The van der Waals surface area contributed by atoms with Gasteiger partial charge in [0.25, 0.3) is 0 Å². The highest BCUT2D eigenvalue weighted by molar-refractivity contribution is 5.96. The first-order valence-corrected chi connectivity index (χ1v) is 9.38. The summed E-state index contributed by atoms with van der Waals surface area (Å²) in [5.74, 6) is -2.39. The quantitative estimate of drug-likeness (QED) is 0.108. The fourth-order valence-electron chi connectivity index (χ4n) is 2.92. The molecule has 0 saturated carbocycles. The van der Waals surface area contributed by atoms with Crippen molar-refractivity contribution in [2.24, 2.45) is 17.2 Å². The van der Waals surface area contributed by atoms with Crippen LogP contribution in [0.2, 0.25) is 0 Å². The number of hydrogen-bond donors (Lipinski definition) is 8. The Hall–Kier alpha value is -3.60. The van der Waals surface area contributed by atoms with Crippen LogP contribution in [-0.2, 0) is 20.8 Å². The fourth-order valence-corrected chi connectivity index (χ4v) is 2.92. The van der Waals surface area contributed by atoms with Crippen molar-refractivity contribution in [3.05, 3.63) is 42.1 Å². The minimum absolute atomic E-state index is 0.0213. The molecule has 11 nitrogen and oxygen atoms in total. The number of hydrogen-bond acceptors (Lipinski definition) is 4.